The maximum absolute atomic E-state index is 12.9. The zero-order valence-corrected chi connectivity index (χ0v) is 22.0. The predicted octanol–water partition coefficient (Wildman–Crippen LogP) is 3.17. The number of nitrogens with one attached hydrogen (secondary N) is 2. The van der Waals surface area contributed by atoms with E-state index in [0.717, 1.165) is 50.3 Å². The summed E-state index contributed by atoms with van der Waals surface area (Å²) in [5.74, 6) is 1.70. The number of piperidine rings is 1. The van der Waals surface area contributed by atoms with E-state index in [1.165, 1.54) is 12.8 Å². The van der Waals surface area contributed by atoms with E-state index in [0.29, 0.717) is 42.0 Å². The molecule has 37 heavy (non-hydrogen) atoms. The number of likely N-dealkylation sites (tertiary alicyclic amines) is 1. The van der Waals surface area contributed by atoms with Crippen LogP contribution >= 0.6 is 0 Å². The molecule has 1 atom stereocenters. The molecular weight excluding hydrogens is 470 g/mol. The van der Waals surface area contributed by atoms with Crippen LogP contribution in [0.2, 0.25) is 0 Å². The molecule has 0 spiro atoms. The normalized spacial score (nSPS) is 20.9. The maximum atomic E-state index is 12.9. The third-order valence-corrected chi connectivity index (χ3v) is 7.76. The molecule has 2 aromatic rings. The van der Waals surface area contributed by atoms with E-state index in [9.17, 15) is 9.59 Å². The van der Waals surface area contributed by atoms with Crippen LogP contribution in [0.25, 0.3) is 0 Å². The molecule has 1 saturated carbocycles. The summed E-state index contributed by atoms with van der Waals surface area (Å²) >= 11 is 0. The largest absolute Gasteiger partial charge is 0.495 e. The lowest BCUT2D eigenvalue weighted by Crippen LogP contribution is -2.46. The Balaban J connectivity index is 1.37. The molecule has 0 bridgehead atoms. The number of ether oxygens (including phenoxy) is 1. The summed E-state index contributed by atoms with van der Waals surface area (Å²) in [6, 6.07) is 5.88. The van der Waals surface area contributed by atoms with E-state index in [-0.39, 0.29) is 17.9 Å². The molecule has 2 fully saturated rings. The Labute approximate surface area is 218 Å². The van der Waals surface area contributed by atoms with Crippen molar-refractivity contribution in [3.8, 4) is 5.75 Å². The number of aromatic nitrogens is 2. The molecule has 3 heterocycles. The van der Waals surface area contributed by atoms with Gasteiger partial charge in [-0.25, -0.2) is 4.98 Å². The van der Waals surface area contributed by atoms with Crippen LogP contribution in [0, 0.1) is 0 Å². The van der Waals surface area contributed by atoms with Gasteiger partial charge in [-0.2, -0.15) is 4.98 Å². The quantitative estimate of drug-likeness (QED) is 0.615. The molecule has 0 radical (unpaired) electrons. The number of fused-ring (bicyclic) bond motifs is 1. The smallest absolute Gasteiger partial charge is 0.251 e. The monoisotopic (exact) mass is 507 g/mol. The van der Waals surface area contributed by atoms with E-state index in [2.05, 4.69) is 32.5 Å². The number of carbonyl (C=O) groups is 2. The molecule has 2 amide bonds. The van der Waals surface area contributed by atoms with Gasteiger partial charge in [0, 0.05) is 44.2 Å². The van der Waals surface area contributed by atoms with E-state index >= 15 is 0 Å². The van der Waals surface area contributed by atoms with Crippen LogP contribution in [0.1, 0.15) is 55.3 Å². The summed E-state index contributed by atoms with van der Waals surface area (Å²) in [7, 11) is 5.45. The molecular formula is C27H37N7O3. The van der Waals surface area contributed by atoms with Gasteiger partial charge < -0.3 is 30.1 Å². The molecule has 10 nitrogen and oxygen atoms in total. The maximum Gasteiger partial charge on any atom is 0.251 e. The topological polar surface area (TPSA) is 103 Å². The highest BCUT2D eigenvalue weighted by Gasteiger charge is 2.31. The van der Waals surface area contributed by atoms with E-state index < -0.39 is 0 Å². The first-order chi connectivity index (χ1) is 17.9. The molecule has 1 aliphatic carbocycles. The molecule has 3 aliphatic rings. The first-order valence-electron chi connectivity index (χ1n) is 13.3. The SMILES string of the molecule is COc1cc(C(=O)N[C@@H]2CCCN(C)C2)ccc1Nc1ncc2c(n1)N(C1CCCC1)CCC(=O)N2C. The minimum atomic E-state index is -0.105. The van der Waals surface area contributed by atoms with Gasteiger partial charge in [-0.05, 0) is 57.5 Å². The fourth-order valence-corrected chi connectivity index (χ4v) is 5.68. The zero-order chi connectivity index (χ0) is 25.9. The standard InChI is InChI=1S/C27H37N7O3/c1-32-13-6-7-19(17-32)29-26(36)18-10-11-21(23(15-18)37-3)30-27-28-16-22-25(31-27)34(20-8-4-5-9-20)14-12-24(35)33(22)2/h10-11,15-16,19-20H,4-9,12-14,17H2,1-3H3,(H,29,36)(H,28,30,31)/t19-/m1/s1. The molecule has 1 aromatic heterocycles. The fraction of sp³-hybridized carbons (Fsp3) is 0.556. The number of rotatable bonds is 6. The van der Waals surface area contributed by atoms with Gasteiger partial charge in [0.05, 0.1) is 19.0 Å². The number of carbonyl (C=O) groups excluding carboxylic acids is 2. The van der Waals surface area contributed by atoms with Gasteiger partial charge in [-0.15, -0.1) is 0 Å². The Hall–Kier alpha value is -3.40. The molecule has 2 N–H and O–H groups in total. The molecule has 10 heteroatoms. The van der Waals surface area contributed by atoms with Gasteiger partial charge in [-0.1, -0.05) is 12.8 Å². The average molecular weight is 508 g/mol. The molecule has 5 rings (SSSR count). The lowest BCUT2D eigenvalue weighted by Gasteiger charge is -2.30. The van der Waals surface area contributed by atoms with Crippen LogP contribution in [0.3, 0.4) is 0 Å². The minimum Gasteiger partial charge on any atom is -0.495 e. The summed E-state index contributed by atoms with van der Waals surface area (Å²) in [4.78, 5) is 41.1. The van der Waals surface area contributed by atoms with Gasteiger partial charge in [0.25, 0.3) is 5.91 Å². The second kappa shape index (κ2) is 10.9. The predicted molar refractivity (Wildman–Crippen MR) is 144 cm³/mol. The number of benzene rings is 1. The number of nitrogens with zero attached hydrogens (tertiary/aromatic N) is 5. The van der Waals surface area contributed by atoms with Crippen molar-refractivity contribution in [3.63, 3.8) is 0 Å². The second-order valence-electron chi connectivity index (χ2n) is 10.4. The highest BCUT2D eigenvalue weighted by molar-refractivity contribution is 5.97. The Morgan fingerprint density at radius 3 is 2.68 bits per heavy atom. The van der Waals surface area contributed by atoms with Crippen molar-refractivity contribution in [1.82, 2.24) is 20.2 Å². The van der Waals surface area contributed by atoms with Crippen LogP contribution < -0.4 is 25.2 Å². The molecule has 0 unspecified atom stereocenters. The first-order valence-corrected chi connectivity index (χ1v) is 13.3. The van der Waals surface area contributed by atoms with Gasteiger partial charge in [0.1, 0.15) is 11.4 Å². The lowest BCUT2D eigenvalue weighted by molar-refractivity contribution is -0.118. The average Bonchev–Trinajstić information content (AvgIpc) is 3.39. The van der Waals surface area contributed by atoms with Gasteiger partial charge in [0.15, 0.2) is 5.82 Å². The summed E-state index contributed by atoms with van der Waals surface area (Å²) in [6.07, 6.45) is 8.86. The number of methoxy groups -OCH3 is 1. The Morgan fingerprint density at radius 2 is 1.92 bits per heavy atom. The van der Waals surface area contributed by atoms with Crippen LogP contribution in [-0.4, -0.2) is 79.6 Å². The molecule has 2 aliphatic heterocycles. The molecule has 1 aromatic carbocycles. The van der Waals surface area contributed by atoms with Crippen LogP contribution in [-0.2, 0) is 4.79 Å². The van der Waals surface area contributed by atoms with Crippen molar-refractivity contribution in [2.45, 2.75) is 57.0 Å². The van der Waals surface area contributed by atoms with Crippen molar-refractivity contribution in [2.24, 2.45) is 0 Å². The summed E-state index contributed by atoms with van der Waals surface area (Å²) in [5.41, 5.74) is 1.94. The molecule has 1 saturated heterocycles. The first kappa shape index (κ1) is 25.3. The van der Waals surface area contributed by atoms with Gasteiger partial charge in [0.2, 0.25) is 11.9 Å². The zero-order valence-electron chi connectivity index (χ0n) is 22.0. The van der Waals surface area contributed by atoms with Gasteiger partial charge in [-0.3, -0.25) is 9.59 Å². The Bertz CT molecular complexity index is 1150. The van der Waals surface area contributed by atoms with Gasteiger partial charge >= 0.3 is 0 Å². The van der Waals surface area contributed by atoms with Crippen molar-refractivity contribution in [3.05, 3.63) is 30.0 Å². The van der Waals surface area contributed by atoms with Crippen LogP contribution in [0.15, 0.2) is 24.4 Å². The van der Waals surface area contributed by atoms with E-state index in [1.807, 2.05) is 6.07 Å². The Morgan fingerprint density at radius 1 is 1.11 bits per heavy atom. The van der Waals surface area contributed by atoms with Crippen molar-refractivity contribution in [2.75, 3.05) is 56.0 Å². The Kier molecular flexibility index (Phi) is 7.45. The number of amides is 2. The highest BCUT2D eigenvalue weighted by Crippen LogP contribution is 2.37. The fourth-order valence-electron chi connectivity index (χ4n) is 5.68. The van der Waals surface area contributed by atoms with E-state index in [1.54, 1.807) is 37.4 Å². The van der Waals surface area contributed by atoms with Crippen LogP contribution in [0.4, 0.5) is 23.1 Å². The third-order valence-electron chi connectivity index (χ3n) is 7.76. The lowest BCUT2D eigenvalue weighted by atomic mass is 10.1. The number of hydrogen-bond acceptors (Lipinski definition) is 8. The number of hydrogen-bond donors (Lipinski definition) is 2. The number of likely N-dealkylation sites (N-methyl/N-ethyl adjacent to an activating group) is 1. The number of anilines is 4. The van der Waals surface area contributed by atoms with Crippen molar-refractivity contribution >= 4 is 35.0 Å². The highest BCUT2D eigenvalue weighted by atomic mass is 16.5. The third kappa shape index (κ3) is 5.49. The summed E-state index contributed by atoms with van der Waals surface area (Å²) in [5, 5.41) is 6.42. The minimum absolute atomic E-state index is 0.0708. The van der Waals surface area contributed by atoms with Crippen molar-refractivity contribution < 1.29 is 14.3 Å². The summed E-state index contributed by atoms with van der Waals surface area (Å²) < 4.78 is 5.61. The molecule has 198 valence electrons. The van der Waals surface area contributed by atoms with Crippen molar-refractivity contribution in [1.29, 1.82) is 0 Å². The summed E-state index contributed by atoms with van der Waals surface area (Å²) in [6.45, 7) is 2.58. The second-order valence-corrected chi connectivity index (χ2v) is 10.4. The van der Waals surface area contributed by atoms with Crippen LogP contribution in [0.5, 0.6) is 5.75 Å². The van der Waals surface area contributed by atoms with E-state index in [4.69, 9.17) is 9.72 Å².